The van der Waals surface area contributed by atoms with Gasteiger partial charge in [0.15, 0.2) is 0 Å². The number of hydrazone groups is 1. The first kappa shape index (κ1) is 6.88. The molecule has 2 N–H and O–H groups in total. The predicted molar refractivity (Wildman–Crippen MR) is 36.2 cm³/mol. The second kappa shape index (κ2) is 3.07. The van der Waals surface area contributed by atoms with Crippen LogP contribution in [0.25, 0.3) is 0 Å². The maximum Gasteiger partial charge on any atom is 0.106 e. The Labute approximate surface area is 58.1 Å². The summed E-state index contributed by atoms with van der Waals surface area (Å²) in [5.41, 5.74) is 2.86. The lowest BCUT2D eigenvalue weighted by Gasteiger charge is -1.99. The molecule has 0 aromatic heterocycles. The van der Waals surface area contributed by atoms with E-state index < -0.39 is 6.10 Å². The van der Waals surface area contributed by atoms with E-state index in [1.165, 1.54) is 6.21 Å². The summed E-state index contributed by atoms with van der Waals surface area (Å²) in [4.78, 5) is 0. The van der Waals surface area contributed by atoms with Crippen molar-refractivity contribution in [3.05, 3.63) is 11.8 Å². The maximum atomic E-state index is 8.84. The molecule has 0 bridgehead atoms. The van der Waals surface area contributed by atoms with Gasteiger partial charge in [-0.25, -0.2) is 0 Å². The van der Waals surface area contributed by atoms with Gasteiger partial charge in [0, 0.05) is 0 Å². The lowest BCUT2D eigenvalue weighted by Crippen LogP contribution is -2.03. The van der Waals surface area contributed by atoms with Gasteiger partial charge in [-0.2, -0.15) is 10.6 Å². The van der Waals surface area contributed by atoms with Crippen LogP contribution in [0.5, 0.6) is 0 Å². The van der Waals surface area contributed by atoms with Crippen molar-refractivity contribution in [1.29, 1.82) is 0 Å². The molecular weight excluding hydrogens is 132 g/mol. The number of rotatable bonds is 1. The topological polar surface area (TPSA) is 69.3 Å². The average Bonchev–Trinajstić information content (AvgIpc) is 1.88. The van der Waals surface area contributed by atoms with Gasteiger partial charge in [0.1, 0.15) is 5.70 Å². The van der Waals surface area contributed by atoms with E-state index in [2.05, 4.69) is 21.0 Å². The van der Waals surface area contributed by atoms with Gasteiger partial charge in [-0.1, -0.05) is 5.22 Å². The number of nitrogens with one attached hydrogen (secondary N) is 1. The summed E-state index contributed by atoms with van der Waals surface area (Å²) >= 11 is 0. The Morgan fingerprint density at radius 3 is 3.10 bits per heavy atom. The second-order valence-electron chi connectivity index (χ2n) is 1.89. The highest BCUT2D eigenvalue weighted by Gasteiger charge is 1.96. The molecule has 54 valence electrons. The number of allylic oxidation sites excluding steroid dienone is 1. The van der Waals surface area contributed by atoms with Crippen molar-refractivity contribution >= 4 is 6.21 Å². The second-order valence-corrected chi connectivity index (χ2v) is 1.89. The number of hydrogen-bond acceptors (Lipinski definition) is 5. The lowest BCUT2D eigenvalue weighted by atomic mass is 10.3. The molecule has 1 atom stereocenters. The van der Waals surface area contributed by atoms with Crippen LogP contribution < -0.4 is 5.53 Å². The Morgan fingerprint density at radius 2 is 2.60 bits per heavy atom. The Hall–Kier alpha value is -1.23. The summed E-state index contributed by atoms with van der Waals surface area (Å²) in [5, 5.41) is 19.5. The summed E-state index contributed by atoms with van der Waals surface area (Å²) in [6.07, 6.45) is 2.52. The van der Waals surface area contributed by atoms with E-state index in [1.54, 1.807) is 13.0 Å². The highest BCUT2D eigenvalue weighted by molar-refractivity contribution is 5.77. The van der Waals surface area contributed by atoms with Crippen LogP contribution in [0.1, 0.15) is 6.92 Å². The van der Waals surface area contributed by atoms with Gasteiger partial charge >= 0.3 is 0 Å². The first-order chi connectivity index (χ1) is 4.79. The van der Waals surface area contributed by atoms with Crippen molar-refractivity contribution in [1.82, 2.24) is 5.53 Å². The summed E-state index contributed by atoms with van der Waals surface area (Å²) in [6, 6.07) is 0. The minimum Gasteiger partial charge on any atom is -0.389 e. The molecule has 0 aromatic rings. The molecule has 1 heterocycles. The highest BCUT2D eigenvalue weighted by Crippen LogP contribution is 1.98. The van der Waals surface area contributed by atoms with Crippen molar-refractivity contribution in [2.45, 2.75) is 13.0 Å². The molecule has 0 saturated carbocycles. The van der Waals surface area contributed by atoms with E-state index in [0.29, 0.717) is 5.70 Å². The fraction of sp³-hybridized carbons (Fsp3) is 0.400. The summed E-state index contributed by atoms with van der Waals surface area (Å²) in [6.45, 7) is 1.64. The van der Waals surface area contributed by atoms with Crippen LogP contribution >= 0.6 is 0 Å². The Balaban J connectivity index is 2.62. The van der Waals surface area contributed by atoms with E-state index in [4.69, 9.17) is 5.11 Å². The standard InChI is InChI=1S/C5H8N4O/c1-4(10)2-5-3-6-8-9-7-5/h2-4,10H,1H3,(H,7,8). The fourth-order valence-corrected chi connectivity index (χ4v) is 0.550. The monoisotopic (exact) mass is 140 g/mol. The predicted octanol–water partition coefficient (Wildman–Crippen LogP) is 0.207. The van der Waals surface area contributed by atoms with Gasteiger partial charge in [-0.3, -0.25) is 0 Å². The average molecular weight is 140 g/mol. The van der Waals surface area contributed by atoms with Crippen molar-refractivity contribution in [3.8, 4) is 0 Å². The van der Waals surface area contributed by atoms with Crippen LogP contribution in [0, 0.1) is 0 Å². The quantitative estimate of drug-likeness (QED) is 0.546. The van der Waals surface area contributed by atoms with Crippen LogP contribution in [-0.2, 0) is 0 Å². The van der Waals surface area contributed by atoms with Gasteiger partial charge in [-0.15, -0.1) is 5.11 Å². The van der Waals surface area contributed by atoms with Crippen molar-refractivity contribution < 1.29 is 5.11 Å². The molecule has 1 rings (SSSR count). The smallest absolute Gasteiger partial charge is 0.106 e. The fourth-order valence-electron chi connectivity index (χ4n) is 0.550. The third kappa shape index (κ3) is 1.94. The molecule has 0 aromatic carbocycles. The van der Waals surface area contributed by atoms with E-state index in [1.807, 2.05) is 0 Å². The van der Waals surface area contributed by atoms with Gasteiger partial charge in [0.25, 0.3) is 0 Å². The Morgan fingerprint density at radius 1 is 1.80 bits per heavy atom. The molecule has 0 aliphatic carbocycles. The third-order valence-electron chi connectivity index (χ3n) is 0.877. The molecule has 0 amide bonds. The lowest BCUT2D eigenvalue weighted by molar-refractivity contribution is 0.243. The van der Waals surface area contributed by atoms with Gasteiger partial charge < -0.3 is 5.11 Å². The number of aliphatic hydroxyl groups excluding tert-OH is 1. The van der Waals surface area contributed by atoms with E-state index >= 15 is 0 Å². The minimum atomic E-state index is -0.515. The zero-order chi connectivity index (χ0) is 7.40. The largest absolute Gasteiger partial charge is 0.389 e. The molecule has 5 heteroatoms. The molecular formula is C5H8N4O. The Kier molecular flexibility index (Phi) is 2.11. The first-order valence-electron chi connectivity index (χ1n) is 2.88. The molecule has 0 radical (unpaired) electrons. The number of hydrogen-bond donors (Lipinski definition) is 2. The van der Waals surface area contributed by atoms with Crippen LogP contribution in [-0.4, -0.2) is 17.4 Å². The third-order valence-corrected chi connectivity index (χ3v) is 0.877. The molecule has 1 unspecified atom stereocenters. The van der Waals surface area contributed by atoms with Crippen molar-refractivity contribution in [3.63, 3.8) is 0 Å². The zero-order valence-electron chi connectivity index (χ0n) is 5.52. The van der Waals surface area contributed by atoms with Crippen LogP contribution in [0.3, 0.4) is 0 Å². The number of nitrogens with zero attached hydrogens (tertiary/aromatic N) is 3. The maximum absolute atomic E-state index is 8.84. The minimum absolute atomic E-state index is 0.515. The van der Waals surface area contributed by atoms with E-state index in [9.17, 15) is 0 Å². The molecule has 0 fully saturated rings. The van der Waals surface area contributed by atoms with Crippen LogP contribution in [0.4, 0.5) is 0 Å². The normalized spacial score (nSPS) is 22.8. The van der Waals surface area contributed by atoms with Gasteiger partial charge in [-0.05, 0) is 13.0 Å². The summed E-state index contributed by atoms with van der Waals surface area (Å²) < 4.78 is 0. The van der Waals surface area contributed by atoms with Crippen LogP contribution in [0.2, 0.25) is 0 Å². The van der Waals surface area contributed by atoms with Crippen molar-refractivity contribution in [2.24, 2.45) is 15.4 Å². The summed E-state index contributed by atoms with van der Waals surface area (Å²) in [5.74, 6) is 0. The number of aliphatic hydroxyl groups is 1. The molecule has 0 saturated heterocycles. The van der Waals surface area contributed by atoms with Gasteiger partial charge in [0.2, 0.25) is 0 Å². The summed E-state index contributed by atoms with van der Waals surface area (Å²) in [7, 11) is 0. The molecule has 5 nitrogen and oxygen atoms in total. The zero-order valence-corrected chi connectivity index (χ0v) is 5.52. The van der Waals surface area contributed by atoms with Gasteiger partial charge in [0.05, 0.1) is 12.3 Å². The Bertz CT molecular complexity index is 180. The molecule has 1 aliphatic heterocycles. The first-order valence-corrected chi connectivity index (χ1v) is 2.88. The molecule has 0 spiro atoms. The molecule has 1 aliphatic rings. The SMILES string of the molecule is CC(O)C=C1C=NNN=N1. The van der Waals surface area contributed by atoms with E-state index in [-0.39, 0.29) is 0 Å². The van der Waals surface area contributed by atoms with Crippen LogP contribution in [0.15, 0.2) is 27.2 Å². The van der Waals surface area contributed by atoms with E-state index in [0.717, 1.165) is 0 Å². The highest BCUT2D eigenvalue weighted by atomic mass is 16.3. The molecule has 10 heavy (non-hydrogen) atoms. The van der Waals surface area contributed by atoms with Crippen molar-refractivity contribution in [2.75, 3.05) is 0 Å².